The molecule has 0 aliphatic carbocycles. The number of aliphatic carboxylic acids is 1. The van der Waals surface area contributed by atoms with Gasteiger partial charge in [0.05, 0.1) is 19.3 Å². The number of carboxylic acid groups (broad SMARTS) is 1. The van der Waals surface area contributed by atoms with Crippen LogP contribution in [0.25, 0.3) is 0 Å². The molecular weight excluding hydrogens is 228 g/mol. The minimum atomic E-state index is -0.935. The Morgan fingerprint density at radius 1 is 1.33 bits per heavy atom. The number of hydrogen-bond donors (Lipinski definition) is 2. The van der Waals surface area contributed by atoms with Crippen molar-refractivity contribution in [3.8, 4) is 0 Å². The molecule has 0 saturated heterocycles. The van der Waals surface area contributed by atoms with Crippen LogP contribution in [0, 0.1) is 0 Å². The zero-order valence-electron chi connectivity index (χ0n) is 8.24. The van der Waals surface area contributed by atoms with Crippen LogP contribution in [0.15, 0.2) is 24.3 Å². The number of rotatable bonds is 3. The van der Waals surface area contributed by atoms with Gasteiger partial charge >= 0.3 is 49.7 Å². The number of aliphatic hydroxyl groups is 1. The van der Waals surface area contributed by atoms with Crippen molar-refractivity contribution in [1.82, 2.24) is 0 Å². The minimum absolute atomic E-state index is 0. The first kappa shape index (κ1) is 20.1. The number of hydrogen-bond acceptors (Lipinski definition) is 4. The average Bonchev–Trinajstić information content (AvgIpc) is 2.16. The Balaban J connectivity index is -0.000000187. The molecule has 0 radical (unpaired) electrons. The van der Waals surface area contributed by atoms with Crippen molar-refractivity contribution < 1.29 is 24.5 Å². The molecule has 0 amide bonds. The molecule has 0 aromatic carbocycles. The third kappa shape index (κ3) is 13.6. The van der Waals surface area contributed by atoms with Crippen molar-refractivity contribution in [2.24, 2.45) is 0 Å². The van der Waals surface area contributed by atoms with Crippen LogP contribution in [0.2, 0.25) is 0 Å². The average molecular weight is 244 g/mol. The van der Waals surface area contributed by atoms with E-state index in [1.807, 2.05) is 0 Å². The fraction of sp³-hybridized carbons (Fsp3) is 0.333. The second-order valence-electron chi connectivity index (χ2n) is 2.34. The molecule has 0 fully saturated rings. The molecule has 0 aromatic heterocycles. The number of carboxylic acids is 1. The molecule has 0 unspecified atom stereocenters. The SMILES string of the molecule is C=C(C)C(=O)O.C=C(CO)C(=O)OC.[CaH2]. The molecule has 0 bridgehead atoms. The summed E-state index contributed by atoms with van der Waals surface area (Å²) in [6.45, 7) is 7.48. The quantitative estimate of drug-likeness (QED) is 0.395. The Morgan fingerprint density at radius 3 is 1.73 bits per heavy atom. The van der Waals surface area contributed by atoms with Crippen molar-refractivity contribution >= 4 is 49.7 Å². The molecular formula is C9H16CaO5. The number of esters is 1. The predicted octanol–water partition coefficient (Wildman–Crippen LogP) is -0.561. The number of carbonyl (C=O) groups excluding carboxylic acids is 1. The third-order valence-corrected chi connectivity index (χ3v) is 1.03. The van der Waals surface area contributed by atoms with Crippen molar-refractivity contribution in [3.63, 3.8) is 0 Å². The molecule has 0 aliphatic heterocycles. The van der Waals surface area contributed by atoms with Crippen molar-refractivity contribution in [2.45, 2.75) is 6.92 Å². The maximum absolute atomic E-state index is 10.3. The summed E-state index contributed by atoms with van der Waals surface area (Å²) in [5.41, 5.74) is 0.252. The van der Waals surface area contributed by atoms with E-state index < -0.39 is 11.9 Å². The summed E-state index contributed by atoms with van der Waals surface area (Å²) < 4.78 is 4.20. The van der Waals surface area contributed by atoms with Gasteiger partial charge in [-0.1, -0.05) is 13.2 Å². The summed E-state index contributed by atoms with van der Waals surface area (Å²) in [6, 6.07) is 0. The molecule has 0 aliphatic rings. The summed E-state index contributed by atoms with van der Waals surface area (Å²) in [4.78, 5) is 19.9. The van der Waals surface area contributed by atoms with Gasteiger partial charge in [0.25, 0.3) is 0 Å². The summed E-state index contributed by atoms with van der Waals surface area (Å²) in [7, 11) is 1.24. The maximum atomic E-state index is 10.3. The normalized spacial score (nSPS) is 7.40. The fourth-order valence-electron chi connectivity index (χ4n) is 0.209. The van der Waals surface area contributed by atoms with Crippen LogP contribution in [-0.2, 0) is 14.3 Å². The van der Waals surface area contributed by atoms with Crippen LogP contribution < -0.4 is 0 Å². The second-order valence-corrected chi connectivity index (χ2v) is 2.34. The summed E-state index contributed by atoms with van der Waals surface area (Å²) in [5.74, 6) is -1.50. The van der Waals surface area contributed by atoms with Gasteiger partial charge in [0, 0.05) is 5.57 Å². The zero-order chi connectivity index (χ0) is 11.7. The summed E-state index contributed by atoms with van der Waals surface area (Å²) >= 11 is 0. The predicted molar refractivity (Wildman–Crippen MR) is 59.2 cm³/mol. The van der Waals surface area contributed by atoms with Crippen molar-refractivity contribution in [2.75, 3.05) is 13.7 Å². The molecule has 0 heterocycles. The van der Waals surface area contributed by atoms with Gasteiger partial charge < -0.3 is 14.9 Å². The van der Waals surface area contributed by atoms with Crippen LogP contribution in [0.5, 0.6) is 0 Å². The topological polar surface area (TPSA) is 83.8 Å². The van der Waals surface area contributed by atoms with E-state index in [1.165, 1.54) is 14.0 Å². The van der Waals surface area contributed by atoms with Crippen molar-refractivity contribution in [1.29, 1.82) is 0 Å². The van der Waals surface area contributed by atoms with Gasteiger partial charge in [0.1, 0.15) is 0 Å². The van der Waals surface area contributed by atoms with E-state index in [4.69, 9.17) is 10.2 Å². The van der Waals surface area contributed by atoms with Gasteiger partial charge in [-0.15, -0.1) is 0 Å². The molecule has 0 atom stereocenters. The molecule has 84 valence electrons. The zero-order valence-corrected chi connectivity index (χ0v) is 8.24. The molecule has 15 heavy (non-hydrogen) atoms. The van der Waals surface area contributed by atoms with Crippen molar-refractivity contribution in [3.05, 3.63) is 24.3 Å². The van der Waals surface area contributed by atoms with Gasteiger partial charge in [-0.05, 0) is 6.92 Å². The molecule has 0 aromatic rings. The molecule has 0 saturated carbocycles. The number of methoxy groups -OCH3 is 1. The number of ether oxygens (including phenoxy) is 1. The van der Waals surface area contributed by atoms with Crippen LogP contribution in [0.3, 0.4) is 0 Å². The van der Waals surface area contributed by atoms with Crippen LogP contribution in [-0.4, -0.2) is 73.6 Å². The number of carbonyl (C=O) groups is 2. The third-order valence-electron chi connectivity index (χ3n) is 1.03. The van der Waals surface area contributed by atoms with E-state index in [0.717, 1.165) is 0 Å². The first-order valence-corrected chi connectivity index (χ1v) is 3.62. The first-order valence-electron chi connectivity index (χ1n) is 3.62. The number of aliphatic hydroxyl groups excluding tert-OH is 1. The van der Waals surface area contributed by atoms with E-state index in [0.29, 0.717) is 0 Å². The van der Waals surface area contributed by atoms with Crippen LogP contribution >= 0.6 is 0 Å². The Kier molecular flexibility index (Phi) is 15.7. The molecule has 5 nitrogen and oxygen atoms in total. The van der Waals surface area contributed by atoms with E-state index >= 15 is 0 Å². The van der Waals surface area contributed by atoms with E-state index in [-0.39, 0.29) is 55.5 Å². The standard InChI is InChI=1S/C5H8O3.C4H6O2.Ca.2H/c1-4(3-6)5(7)8-2;1-3(2)4(5)6;;;/h6H,1,3H2,2H3;1H2,2H3,(H,5,6);;;. The molecule has 0 spiro atoms. The van der Waals surface area contributed by atoms with Crippen LogP contribution in [0.1, 0.15) is 6.92 Å². The monoisotopic (exact) mass is 244 g/mol. The van der Waals surface area contributed by atoms with Gasteiger partial charge in [-0.25, -0.2) is 9.59 Å². The Bertz CT molecular complexity index is 221. The second kappa shape index (κ2) is 11.7. The summed E-state index contributed by atoms with van der Waals surface area (Å²) in [6.07, 6.45) is 0. The van der Waals surface area contributed by atoms with Gasteiger partial charge in [-0.2, -0.15) is 0 Å². The van der Waals surface area contributed by atoms with E-state index in [2.05, 4.69) is 17.9 Å². The Morgan fingerprint density at radius 2 is 1.67 bits per heavy atom. The molecule has 6 heteroatoms. The first-order chi connectivity index (χ1) is 6.36. The Labute approximate surface area is 118 Å². The Hall–Kier alpha value is -0.360. The van der Waals surface area contributed by atoms with Gasteiger partial charge in [0.15, 0.2) is 0 Å². The summed E-state index contributed by atoms with van der Waals surface area (Å²) in [5, 5.41) is 16.1. The van der Waals surface area contributed by atoms with Crippen LogP contribution in [0.4, 0.5) is 0 Å². The molecule has 2 N–H and O–H groups in total. The molecule has 0 rings (SSSR count). The van der Waals surface area contributed by atoms with E-state index in [1.54, 1.807) is 0 Å². The van der Waals surface area contributed by atoms with Gasteiger partial charge in [0.2, 0.25) is 0 Å². The fourth-order valence-corrected chi connectivity index (χ4v) is 0.209. The van der Waals surface area contributed by atoms with Gasteiger partial charge in [-0.3, -0.25) is 0 Å². The van der Waals surface area contributed by atoms with E-state index in [9.17, 15) is 9.59 Å².